The van der Waals surface area contributed by atoms with E-state index in [0.29, 0.717) is 35.5 Å². The van der Waals surface area contributed by atoms with Gasteiger partial charge in [-0.3, -0.25) is 0 Å². The van der Waals surface area contributed by atoms with Gasteiger partial charge in [-0.15, -0.1) is 0 Å². The molecule has 12 aliphatic carbocycles. The summed E-state index contributed by atoms with van der Waals surface area (Å²) >= 11 is 0. The predicted octanol–water partition coefficient (Wildman–Crippen LogP) is 36.1. The average Bonchev–Trinajstić information content (AvgIpc) is 1.56. The lowest BCUT2D eigenvalue weighted by atomic mass is 9.68. The maximum atomic E-state index is 3.16. The van der Waals surface area contributed by atoms with Gasteiger partial charge in [0.05, 0.1) is 0 Å². The first-order valence-corrected chi connectivity index (χ1v) is 63.1. The Labute approximate surface area is 809 Å². The molecular formula is C127H167N3Si3. The van der Waals surface area contributed by atoms with E-state index in [4.69, 9.17) is 0 Å². The van der Waals surface area contributed by atoms with E-state index in [1.165, 1.54) is 260 Å². The minimum Gasteiger partial charge on any atom is -0.316 e. The van der Waals surface area contributed by atoms with Gasteiger partial charge in [0.15, 0.2) is 0 Å². The molecule has 12 aliphatic rings. The second-order valence-corrected chi connectivity index (χ2v) is 63.7. The summed E-state index contributed by atoms with van der Waals surface area (Å²) in [7, 11) is -5.28. The Morgan fingerprint density at radius 1 is 0.323 bits per heavy atom. The number of unbranched alkanes of at least 4 members (excludes halogenated alkanes) is 2. The second-order valence-electron chi connectivity index (χ2n) is 50.2. The molecule has 0 aliphatic heterocycles. The lowest BCUT2D eigenvalue weighted by Crippen LogP contribution is -2.65. The molecule has 0 bridgehead atoms. The van der Waals surface area contributed by atoms with Gasteiger partial charge in [-0.05, 0) is 342 Å². The molecule has 702 valence electrons. The summed E-state index contributed by atoms with van der Waals surface area (Å²) < 4.78 is 9.41. The van der Waals surface area contributed by atoms with Crippen LogP contribution in [0.4, 0.5) is 0 Å². The molecule has 9 aromatic rings. The molecule has 133 heavy (non-hydrogen) atoms. The van der Waals surface area contributed by atoms with Crippen LogP contribution in [-0.4, -0.2) is 73.1 Å². The Kier molecular flexibility index (Phi) is 26.0. The Bertz CT molecular complexity index is 6000. The van der Waals surface area contributed by atoms with Gasteiger partial charge in [-0.1, -0.05) is 384 Å². The Morgan fingerprint density at radius 3 is 1.02 bits per heavy atom. The molecule has 10 unspecified atom stereocenters. The highest BCUT2D eigenvalue weighted by Crippen LogP contribution is 2.67. The molecule has 0 heterocycles. The Morgan fingerprint density at radius 2 is 0.647 bits per heavy atom. The zero-order valence-electron chi connectivity index (χ0n) is 86.5. The quantitative estimate of drug-likeness (QED) is 0.0793. The van der Waals surface area contributed by atoms with E-state index in [0.717, 1.165) is 40.7 Å². The van der Waals surface area contributed by atoms with Gasteiger partial charge in [0, 0.05) is 51.0 Å². The SMILES string of the molecule is CC1(C)C2=CC3C(C=C2c2ccc(-c4cccc5ccccc45)cc21)CCC3[Si](C)(C)N(C1CCCCC1)C(C)(C)C.CC1CC2C=C3C(=CC2C1[Si](C)(C)N(C1CCCCC1)C(C)(C)C)C(C)(C)c1cc(-c2cccc4ccccc24)ccc13.CCCCC1(CCCC)C2=CC3C(C=C2c2ccc(-c4cccc5ccccc45)cc21)CCC3[Si](C)(C)N(C1CCCCC1)C(C)(C)C. The van der Waals surface area contributed by atoms with E-state index in [-0.39, 0.29) is 32.9 Å². The molecule has 0 amide bonds. The Balaban J connectivity index is 0.000000129. The third-order valence-corrected chi connectivity index (χ3v) is 51.5. The molecule has 9 aromatic carbocycles. The van der Waals surface area contributed by atoms with Crippen molar-refractivity contribution in [2.24, 2.45) is 41.4 Å². The van der Waals surface area contributed by atoms with Gasteiger partial charge in [0.2, 0.25) is 0 Å². The van der Waals surface area contributed by atoms with Crippen molar-refractivity contribution < 1.29 is 0 Å². The molecule has 6 fully saturated rings. The molecule has 0 radical (unpaired) electrons. The van der Waals surface area contributed by atoms with Crippen LogP contribution < -0.4 is 0 Å². The van der Waals surface area contributed by atoms with Gasteiger partial charge in [-0.25, -0.2) is 0 Å². The van der Waals surface area contributed by atoms with E-state index in [1.54, 1.807) is 39.0 Å². The molecule has 0 saturated heterocycles. The zero-order valence-corrected chi connectivity index (χ0v) is 89.5. The maximum absolute atomic E-state index is 3.16. The highest BCUT2D eigenvalue weighted by molar-refractivity contribution is 6.77. The third kappa shape index (κ3) is 17.0. The molecule has 0 spiro atoms. The zero-order chi connectivity index (χ0) is 93.4. The van der Waals surface area contributed by atoms with Crippen molar-refractivity contribution in [3.63, 3.8) is 0 Å². The van der Waals surface area contributed by atoms with E-state index in [1.807, 2.05) is 0 Å². The van der Waals surface area contributed by atoms with E-state index < -0.39 is 24.7 Å². The van der Waals surface area contributed by atoms with Crippen LogP contribution in [0.2, 0.25) is 55.9 Å². The summed E-state index contributed by atoms with van der Waals surface area (Å²) in [6.45, 7) is 56.5. The second kappa shape index (κ2) is 36.5. The lowest BCUT2D eigenvalue weighted by Gasteiger charge is -2.56. The van der Waals surface area contributed by atoms with Crippen LogP contribution in [0.15, 0.2) is 235 Å². The number of hydrogen-bond donors (Lipinski definition) is 0. The van der Waals surface area contributed by atoms with Crippen molar-refractivity contribution in [3.8, 4) is 33.4 Å². The van der Waals surface area contributed by atoms with Gasteiger partial charge in [-0.2, -0.15) is 0 Å². The highest BCUT2D eigenvalue weighted by atomic mass is 28.3. The number of allylic oxidation sites excluding steroid dienone is 12. The van der Waals surface area contributed by atoms with Gasteiger partial charge in [0.25, 0.3) is 0 Å². The average molecular weight is 1820 g/mol. The topological polar surface area (TPSA) is 9.72 Å². The first kappa shape index (κ1) is 94.7. The minimum absolute atomic E-state index is 0.0158. The first-order valence-electron chi connectivity index (χ1n) is 54.1. The monoisotopic (exact) mass is 1820 g/mol. The van der Waals surface area contributed by atoms with Crippen LogP contribution in [0.25, 0.3) is 82.4 Å². The van der Waals surface area contributed by atoms with Crippen molar-refractivity contribution >= 4 is 73.7 Å². The van der Waals surface area contributed by atoms with Crippen LogP contribution in [0.3, 0.4) is 0 Å². The van der Waals surface area contributed by atoms with Crippen molar-refractivity contribution in [1.29, 1.82) is 0 Å². The summed E-state index contributed by atoms with van der Waals surface area (Å²) in [5.74, 6) is 4.85. The number of fused-ring (bicyclic) bond motifs is 15. The summed E-state index contributed by atoms with van der Waals surface area (Å²) in [6.07, 6.45) is 52.6. The molecule has 21 rings (SSSR count). The summed E-state index contributed by atoms with van der Waals surface area (Å²) in [4.78, 5) is 0. The normalized spacial score (nSPS) is 25.5. The molecule has 10 atom stereocenters. The Hall–Kier alpha value is -7.27. The van der Waals surface area contributed by atoms with Crippen molar-refractivity contribution in [2.45, 2.75) is 385 Å². The molecule has 6 heteroatoms. The molecule has 0 aromatic heterocycles. The number of benzene rings is 9. The van der Waals surface area contributed by atoms with Crippen LogP contribution in [-0.2, 0) is 16.2 Å². The van der Waals surface area contributed by atoms with Crippen molar-refractivity contribution in [3.05, 3.63) is 269 Å². The first-order chi connectivity index (χ1) is 63.5. The van der Waals surface area contributed by atoms with Crippen LogP contribution in [0, 0.1) is 41.4 Å². The fourth-order valence-electron chi connectivity index (χ4n) is 32.5. The molecular weight excluding hydrogens is 1650 g/mol. The number of rotatable bonds is 18. The van der Waals surface area contributed by atoms with Crippen molar-refractivity contribution in [1.82, 2.24) is 13.7 Å². The number of nitrogens with zero attached hydrogens (tertiary/aromatic N) is 3. The van der Waals surface area contributed by atoms with Crippen LogP contribution in [0.1, 0.15) is 311 Å². The molecule has 6 saturated carbocycles. The van der Waals surface area contributed by atoms with Gasteiger partial charge < -0.3 is 13.7 Å². The third-order valence-electron chi connectivity index (χ3n) is 37.1. The lowest BCUT2D eigenvalue weighted by molar-refractivity contribution is 0.138. The number of hydrogen-bond acceptors (Lipinski definition) is 3. The van der Waals surface area contributed by atoms with Crippen LogP contribution >= 0.6 is 0 Å². The standard InChI is InChI=1S/C46H63NSi.C41H53NSi.C40H51NSi/c1-8-10-28-46(29-11-9-2)42-31-35(38-23-17-19-33-18-15-16-22-37(33)38)24-26-39(42)41-30-34-25-27-44(40(34)32-43(41)46)48(6,7)47(45(3,4)5)36-20-13-12-14-21-36;1-27-23-30-24-36-34-22-21-29(33-20-14-16-28-15-12-13-19-32(28)33)25-37(34)41(5,6)38(36)26-35(30)39(27)43(7,8)42(40(2,3)4)31-17-10-9-11-18-31;1-39(2,3)41(30-16-9-8-10-17-30)42(6,7)38-23-21-28-24-35-33-22-20-29(25-36(33)40(4,5)37(35)26-34(28)38)32-19-13-15-27-14-11-12-18-31(27)32/h15-19,22-24,26,30-32,34,36,40,44H,8-14,20-21,25,27-29H2,1-7H3;12-16,19-22,24-27,30-31,35,39H,9-11,17-18,23H2,1-8H3;11-15,18-20,22,24-26,28,30,34,38H,8-10,16-17,21,23H2,1-7H3. The van der Waals surface area contributed by atoms with Gasteiger partial charge >= 0.3 is 0 Å². The minimum atomic E-state index is -1.78. The summed E-state index contributed by atoms with van der Waals surface area (Å²) in [5.41, 5.74) is 30.2. The molecule has 0 N–H and O–H groups in total. The largest absolute Gasteiger partial charge is 0.316 e. The van der Waals surface area contributed by atoms with Crippen LogP contribution in [0.5, 0.6) is 0 Å². The van der Waals surface area contributed by atoms with Crippen molar-refractivity contribution in [2.75, 3.05) is 0 Å². The fraction of sp³-hybridized carbons (Fsp3) is 0.528. The fourth-order valence-corrected chi connectivity index (χ4v) is 49.4. The van der Waals surface area contributed by atoms with Gasteiger partial charge in [0.1, 0.15) is 24.7 Å². The summed E-state index contributed by atoms with van der Waals surface area (Å²) in [6, 6.07) is 71.6. The van der Waals surface area contributed by atoms with E-state index in [2.05, 4.69) is 382 Å². The predicted molar refractivity (Wildman–Crippen MR) is 585 cm³/mol. The highest BCUT2D eigenvalue weighted by Gasteiger charge is 2.60. The van der Waals surface area contributed by atoms with E-state index >= 15 is 0 Å². The van der Waals surface area contributed by atoms with E-state index in [9.17, 15) is 0 Å². The maximum Gasteiger partial charge on any atom is 0.127 e. The summed E-state index contributed by atoms with van der Waals surface area (Å²) in [5, 5.41) is 8.02. The smallest absolute Gasteiger partial charge is 0.127 e. The molecule has 3 nitrogen and oxygen atoms in total.